The largest absolute Gasteiger partial charge is 0.485 e. The molecule has 1 saturated heterocycles. The summed E-state index contributed by atoms with van der Waals surface area (Å²) in [6.45, 7) is 2.05. The number of ether oxygens (including phenoxy) is 1. The lowest BCUT2D eigenvalue weighted by atomic mass is 10.1. The quantitative estimate of drug-likeness (QED) is 0.746. The molecule has 2 aromatic heterocycles. The molecule has 8 heteroatoms. The van der Waals surface area contributed by atoms with E-state index in [9.17, 15) is 4.39 Å². The Morgan fingerprint density at radius 3 is 3.12 bits per heavy atom. The first-order chi connectivity index (χ1) is 11.8. The van der Waals surface area contributed by atoms with Crippen LogP contribution in [0.4, 0.5) is 4.39 Å². The second-order valence-electron chi connectivity index (χ2n) is 5.66. The molecule has 24 heavy (non-hydrogen) atoms. The Bertz CT molecular complexity index is 825. The third-order valence-electron chi connectivity index (χ3n) is 3.95. The second kappa shape index (κ2) is 6.40. The summed E-state index contributed by atoms with van der Waals surface area (Å²) in [5.74, 6) is 1.21. The predicted molar refractivity (Wildman–Crippen MR) is 82.8 cm³/mol. The number of hydrogen-bond donors (Lipinski definition) is 2. The zero-order valence-electron chi connectivity index (χ0n) is 12.8. The van der Waals surface area contributed by atoms with Crippen molar-refractivity contribution in [3.05, 3.63) is 47.7 Å². The topological polar surface area (TPSA) is 88.9 Å². The highest BCUT2D eigenvalue weighted by Crippen LogP contribution is 2.24. The first kappa shape index (κ1) is 14.8. The summed E-state index contributed by atoms with van der Waals surface area (Å²) in [4.78, 5) is 4.26. The summed E-state index contributed by atoms with van der Waals surface area (Å²) in [7, 11) is 0. The van der Waals surface area contributed by atoms with Gasteiger partial charge >= 0.3 is 0 Å². The van der Waals surface area contributed by atoms with E-state index in [-0.39, 0.29) is 12.4 Å². The van der Waals surface area contributed by atoms with Gasteiger partial charge < -0.3 is 14.6 Å². The normalized spacial score (nSPS) is 17.3. The van der Waals surface area contributed by atoms with Gasteiger partial charge in [-0.15, -0.1) is 0 Å². The maximum atomic E-state index is 13.1. The van der Waals surface area contributed by atoms with Gasteiger partial charge in [-0.05, 0) is 31.2 Å². The molecule has 3 aromatic rings. The van der Waals surface area contributed by atoms with Gasteiger partial charge in [0.15, 0.2) is 12.3 Å². The van der Waals surface area contributed by atoms with Gasteiger partial charge in [0.25, 0.3) is 5.89 Å². The van der Waals surface area contributed by atoms with Crippen molar-refractivity contribution in [3.63, 3.8) is 0 Å². The van der Waals surface area contributed by atoms with E-state index in [2.05, 4.69) is 25.7 Å². The molecule has 1 aliphatic heterocycles. The summed E-state index contributed by atoms with van der Waals surface area (Å²) in [6.07, 6.45) is 1.08. The Kier molecular flexibility index (Phi) is 3.96. The first-order valence-electron chi connectivity index (χ1n) is 7.75. The van der Waals surface area contributed by atoms with Crippen LogP contribution in [0.15, 0.2) is 34.9 Å². The van der Waals surface area contributed by atoms with Crippen molar-refractivity contribution in [2.75, 3.05) is 13.1 Å². The SMILES string of the molecule is Fc1cccc(OCc2noc(-c3cc(C4CCNC4)[nH]n3)n2)c1. The van der Waals surface area contributed by atoms with E-state index >= 15 is 0 Å². The standard InChI is InChI=1S/C16H16FN5O2/c17-11-2-1-3-12(6-11)23-9-15-19-16(24-22-15)14-7-13(20-21-14)10-4-5-18-8-10/h1-3,6-7,10,18H,4-5,8-9H2,(H,20,21). The van der Waals surface area contributed by atoms with Crippen LogP contribution >= 0.6 is 0 Å². The van der Waals surface area contributed by atoms with Crippen LogP contribution in [0, 0.1) is 5.82 Å². The minimum absolute atomic E-state index is 0.0940. The molecule has 4 rings (SSSR count). The average Bonchev–Trinajstić information content (AvgIpc) is 3.32. The molecule has 0 saturated carbocycles. The summed E-state index contributed by atoms with van der Waals surface area (Å²) >= 11 is 0. The van der Waals surface area contributed by atoms with Crippen LogP contribution in [-0.4, -0.2) is 33.4 Å². The molecule has 0 aliphatic carbocycles. The molecular weight excluding hydrogens is 313 g/mol. The van der Waals surface area contributed by atoms with Crippen molar-refractivity contribution in [1.82, 2.24) is 25.7 Å². The number of hydrogen-bond acceptors (Lipinski definition) is 6. The smallest absolute Gasteiger partial charge is 0.278 e. The Balaban J connectivity index is 1.42. The van der Waals surface area contributed by atoms with Crippen LogP contribution in [0.5, 0.6) is 5.75 Å². The zero-order valence-corrected chi connectivity index (χ0v) is 12.8. The van der Waals surface area contributed by atoms with Crippen molar-refractivity contribution in [1.29, 1.82) is 0 Å². The number of rotatable bonds is 5. The molecule has 7 nitrogen and oxygen atoms in total. The van der Waals surface area contributed by atoms with Gasteiger partial charge in [-0.2, -0.15) is 10.1 Å². The number of H-pyrrole nitrogens is 1. The lowest BCUT2D eigenvalue weighted by Gasteiger charge is -2.02. The van der Waals surface area contributed by atoms with E-state index in [4.69, 9.17) is 9.26 Å². The van der Waals surface area contributed by atoms with Gasteiger partial charge in [-0.25, -0.2) is 4.39 Å². The summed E-state index contributed by atoms with van der Waals surface area (Å²) < 4.78 is 23.8. The predicted octanol–water partition coefficient (Wildman–Crippen LogP) is 2.25. The highest BCUT2D eigenvalue weighted by atomic mass is 19.1. The lowest BCUT2D eigenvalue weighted by Crippen LogP contribution is -2.08. The van der Waals surface area contributed by atoms with Gasteiger partial charge in [0, 0.05) is 24.2 Å². The van der Waals surface area contributed by atoms with Crippen molar-refractivity contribution >= 4 is 0 Å². The Hall–Kier alpha value is -2.74. The monoisotopic (exact) mass is 329 g/mol. The molecule has 124 valence electrons. The number of benzene rings is 1. The molecule has 0 radical (unpaired) electrons. The fraction of sp³-hybridized carbons (Fsp3) is 0.312. The van der Waals surface area contributed by atoms with Gasteiger partial charge in [-0.1, -0.05) is 11.2 Å². The average molecular weight is 329 g/mol. The first-order valence-corrected chi connectivity index (χ1v) is 7.75. The third-order valence-corrected chi connectivity index (χ3v) is 3.95. The van der Waals surface area contributed by atoms with Crippen molar-refractivity contribution < 1.29 is 13.7 Å². The molecular formula is C16H16FN5O2. The Labute approximate surface area is 137 Å². The number of nitrogens with one attached hydrogen (secondary N) is 2. The zero-order chi connectivity index (χ0) is 16.4. The van der Waals surface area contributed by atoms with Crippen molar-refractivity contribution in [2.45, 2.75) is 18.9 Å². The van der Waals surface area contributed by atoms with Gasteiger partial charge in [0.1, 0.15) is 11.6 Å². The highest BCUT2D eigenvalue weighted by molar-refractivity contribution is 5.47. The fourth-order valence-corrected chi connectivity index (χ4v) is 2.70. The van der Waals surface area contributed by atoms with E-state index in [0.29, 0.717) is 29.1 Å². The maximum Gasteiger partial charge on any atom is 0.278 e. The number of aromatic amines is 1. The fourth-order valence-electron chi connectivity index (χ4n) is 2.70. The summed E-state index contributed by atoms with van der Waals surface area (Å²) in [5.41, 5.74) is 1.67. The molecule has 3 heterocycles. The second-order valence-corrected chi connectivity index (χ2v) is 5.66. The molecule has 1 atom stereocenters. The Morgan fingerprint density at radius 2 is 2.29 bits per heavy atom. The molecule has 0 spiro atoms. The number of nitrogens with zero attached hydrogens (tertiary/aromatic N) is 3. The van der Waals surface area contributed by atoms with Crippen LogP contribution in [0.2, 0.25) is 0 Å². The van der Waals surface area contributed by atoms with Crippen LogP contribution in [-0.2, 0) is 6.61 Å². The Morgan fingerprint density at radius 1 is 1.33 bits per heavy atom. The minimum Gasteiger partial charge on any atom is -0.485 e. The van der Waals surface area contributed by atoms with Crippen LogP contribution in [0.3, 0.4) is 0 Å². The van der Waals surface area contributed by atoms with Crippen LogP contribution in [0.1, 0.15) is 23.9 Å². The summed E-state index contributed by atoms with van der Waals surface area (Å²) in [5, 5.41) is 14.4. The van der Waals surface area contributed by atoms with E-state index in [1.54, 1.807) is 12.1 Å². The van der Waals surface area contributed by atoms with Gasteiger partial charge in [0.05, 0.1) is 0 Å². The molecule has 1 unspecified atom stereocenters. The van der Waals surface area contributed by atoms with E-state index in [1.807, 2.05) is 6.07 Å². The van der Waals surface area contributed by atoms with Crippen molar-refractivity contribution in [3.8, 4) is 17.3 Å². The molecule has 1 aliphatic rings. The molecule has 2 N–H and O–H groups in total. The maximum absolute atomic E-state index is 13.1. The minimum atomic E-state index is -0.355. The van der Waals surface area contributed by atoms with Crippen molar-refractivity contribution in [2.24, 2.45) is 0 Å². The van der Waals surface area contributed by atoms with Crippen LogP contribution < -0.4 is 10.1 Å². The summed E-state index contributed by atoms with van der Waals surface area (Å²) in [6, 6.07) is 7.84. The molecule has 0 bridgehead atoms. The molecule has 1 aromatic carbocycles. The van der Waals surface area contributed by atoms with Crippen LogP contribution in [0.25, 0.3) is 11.6 Å². The lowest BCUT2D eigenvalue weighted by molar-refractivity contribution is 0.285. The third kappa shape index (κ3) is 3.13. The number of aromatic nitrogens is 4. The van der Waals surface area contributed by atoms with E-state index in [1.165, 1.54) is 12.1 Å². The van der Waals surface area contributed by atoms with E-state index < -0.39 is 0 Å². The van der Waals surface area contributed by atoms with E-state index in [0.717, 1.165) is 25.2 Å². The van der Waals surface area contributed by atoms with Gasteiger partial charge in [-0.3, -0.25) is 5.10 Å². The highest BCUT2D eigenvalue weighted by Gasteiger charge is 2.20. The molecule has 0 amide bonds. The number of halogens is 1. The molecule has 1 fully saturated rings. The van der Waals surface area contributed by atoms with Gasteiger partial charge in [0.2, 0.25) is 5.82 Å².